The lowest BCUT2D eigenvalue weighted by Gasteiger charge is -2.54. The first-order valence-corrected chi connectivity index (χ1v) is 7.12. The molecule has 0 aromatic rings. The van der Waals surface area contributed by atoms with Crippen LogP contribution < -0.4 is 0 Å². The van der Waals surface area contributed by atoms with Crippen LogP contribution in [-0.4, -0.2) is 23.6 Å². The first-order chi connectivity index (χ1) is 9.36. The first-order valence-electron chi connectivity index (χ1n) is 7.12. The molecule has 0 N–H and O–H groups in total. The molecular formula is C16H22O4. The Bertz CT molecular complexity index is 465. The summed E-state index contributed by atoms with van der Waals surface area (Å²) >= 11 is 0. The molecule has 0 aromatic carbocycles. The van der Waals surface area contributed by atoms with Crippen LogP contribution in [0.15, 0.2) is 24.3 Å². The molecule has 20 heavy (non-hydrogen) atoms. The topological polar surface area (TPSA) is 52.6 Å². The second-order valence-electron chi connectivity index (χ2n) is 5.97. The molecule has 3 atom stereocenters. The van der Waals surface area contributed by atoms with E-state index in [-0.39, 0.29) is 6.10 Å². The van der Waals surface area contributed by atoms with Gasteiger partial charge in [0.05, 0.1) is 0 Å². The molecule has 2 fully saturated rings. The quantitative estimate of drug-likeness (QED) is 0.586. The highest BCUT2D eigenvalue weighted by molar-refractivity contribution is 5.88. The van der Waals surface area contributed by atoms with Gasteiger partial charge < -0.3 is 9.47 Å². The van der Waals surface area contributed by atoms with Gasteiger partial charge in [-0.15, -0.1) is 0 Å². The Hall–Kier alpha value is -1.58. The standard InChI is InChI=1S/C16H22O4/c1-10(2)14(17)19-13-7-5-6-12-8-9-16(12,13)20-15(18)11(3)4/h12-13H,1,3,5-9H2,2,4H3. The lowest BCUT2D eigenvalue weighted by atomic mass is 9.60. The largest absolute Gasteiger partial charge is 0.455 e. The number of rotatable bonds is 4. The van der Waals surface area contributed by atoms with Crippen molar-refractivity contribution in [3.63, 3.8) is 0 Å². The molecule has 4 nitrogen and oxygen atoms in total. The molecule has 0 aromatic heterocycles. The zero-order valence-corrected chi connectivity index (χ0v) is 12.2. The number of hydrogen-bond acceptors (Lipinski definition) is 4. The van der Waals surface area contributed by atoms with Crippen molar-refractivity contribution in [2.45, 2.75) is 57.7 Å². The van der Waals surface area contributed by atoms with Crippen LogP contribution in [0, 0.1) is 5.92 Å². The molecule has 110 valence electrons. The van der Waals surface area contributed by atoms with Crippen molar-refractivity contribution in [2.24, 2.45) is 5.92 Å². The summed E-state index contributed by atoms with van der Waals surface area (Å²) in [7, 11) is 0. The number of ether oxygens (including phenoxy) is 2. The van der Waals surface area contributed by atoms with Gasteiger partial charge in [-0.05, 0) is 46.0 Å². The number of carbonyl (C=O) groups is 2. The monoisotopic (exact) mass is 278 g/mol. The summed E-state index contributed by atoms with van der Waals surface area (Å²) in [6.07, 6.45) is 4.16. The molecule has 4 heteroatoms. The van der Waals surface area contributed by atoms with E-state index in [2.05, 4.69) is 13.2 Å². The average molecular weight is 278 g/mol. The van der Waals surface area contributed by atoms with E-state index in [0.717, 1.165) is 32.1 Å². The van der Waals surface area contributed by atoms with Gasteiger partial charge >= 0.3 is 11.9 Å². The van der Waals surface area contributed by atoms with E-state index >= 15 is 0 Å². The van der Waals surface area contributed by atoms with Crippen LogP contribution in [0.25, 0.3) is 0 Å². The molecule has 3 unspecified atom stereocenters. The molecule has 0 bridgehead atoms. The fourth-order valence-corrected chi connectivity index (χ4v) is 3.09. The Morgan fingerprint density at radius 1 is 1.05 bits per heavy atom. The SMILES string of the molecule is C=C(C)C(=O)OC1CCCC2CCC21OC(=O)C(=C)C. The van der Waals surface area contributed by atoms with Crippen LogP contribution >= 0.6 is 0 Å². The number of fused-ring (bicyclic) bond motifs is 1. The zero-order valence-electron chi connectivity index (χ0n) is 12.2. The lowest BCUT2D eigenvalue weighted by Crippen LogP contribution is -2.62. The van der Waals surface area contributed by atoms with Crippen molar-refractivity contribution in [1.82, 2.24) is 0 Å². The van der Waals surface area contributed by atoms with Crippen molar-refractivity contribution in [3.05, 3.63) is 24.3 Å². The maximum Gasteiger partial charge on any atom is 0.333 e. The van der Waals surface area contributed by atoms with Crippen molar-refractivity contribution < 1.29 is 19.1 Å². The third kappa shape index (κ3) is 2.51. The van der Waals surface area contributed by atoms with Gasteiger partial charge in [0, 0.05) is 17.1 Å². The maximum absolute atomic E-state index is 11.9. The van der Waals surface area contributed by atoms with E-state index in [9.17, 15) is 9.59 Å². The van der Waals surface area contributed by atoms with Crippen LogP contribution in [0.5, 0.6) is 0 Å². The van der Waals surface area contributed by atoms with Gasteiger partial charge in [0.15, 0.2) is 5.60 Å². The number of carbonyl (C=O) groups excluding carboxylic acids is 2. The third-order valence-electron chi connectivity index (χ3n) is 4.37. The Balaban J connectivity index is 2.16. The van der Waals surface area contributed by atoms with Gasteiger partial charge in [-0.2, -0.15) is 0 Å². The van der Waals surface area contributed by atoms with Crippen LogP contribution in [0.4, 0.5) is 0 Å². The molecule has 0 spiro atoms. The van der Waals surface area contributed by atoms with Crippen LogP contribution in [0.2, 0.25) is 0 Å². The minimum Gasteiger partial charge on any atom is -0.455 e. The van der Waals surface area contributed by atoms with Gasteiger partial charge in [-0.3, -0.25) is 0 Å². The number of esters is 2. The second kappa shape index (κ2) is 5.43. The van der Waals surface area contributed by atoms with Gasteiger partial charge in [-0.25, -0.2) is 9.59 Å². The Kier molecular flexibility index (Phi) is 4.02. The molecule has 2 aliphatic rings. The summed E-state index contributed by atoms with van der Waals surface area (Å²) in [4.78, 5) is 23.7. The smallest absolute Gasteiger partial charge is 0.333 e. The summed E-state index contributed by atoms with van der Waals surface area (Å²) in [5.41, 5.74) is 0.104. The highest BCUT2D eigenvalue weighted by atomic mass is 16.6. The zero-order chi connectivity index (χ0) is 14.9. The van der Waals surface area contributed by atoms with Crippen LogP contribution in [0.1, 0.15) is 46.0 Å². The van der Waals surface area contributed by atoms with E-state index in [1.54, 1.807) is 13.8 Å². The minimum atomic E-state index is -0.639. The normalized spacial score (nSPS) is 31.5. The van der Waals surface area contributed by atoms with E-state index in [4.69, 9.17) is 9.47 Å². The average Bonchev–Trinajstić information content (AvgIpc) is 2.35. The number of hydrogen-bond donors (Lipinski definition) is 0. The van der Waals surface area contributed by atoms with E-state index < -0.39 is 17.5 Å². The predicted molar refractivity (Wildman–Crippen MR) is 74.9 cm³/mol. The summed E-state index contributed by atoms with van der Waals surface area (Å²) in [5, 5.41) is 0. The van der Waals surface area contributed by atoms with Crippen LogP contribution in [0.3, 0.4) is 0 Å². The predicted octanol–water partition coefficient (Wildman–Crippen LogP) is 2.93. The summed E-state index contributed by atoms with van der Waals surface area (Å²) in [6, 6.07) is 0. The Labute approximate surface area is 119 Å². The highest BCUT2D eigenvalue weighted by Crippen LogP contribution is 2.52. The summed E-state index contributed by atoms with van der Waals surface area (Å²) in [5.74, 6) is -0.510. The minimum absolute atomic E-state index is 0.294. The van der Waals surface area contributed by atoms with Gasteiger partial charge in [0.25, 0.3) is 0 Å². The third-order valence-corrected chi connectivity index (χ3v) is 4.37. The highest BCUT2D eigenvalue weighted by Gasteiger charge is 2.58. The maximum atomic E-state index is 11.9. The van der Waals surface area contributed by atoms with Gasteiger partial charge in [0.1, 0.15) is 6.10 Å². The van der Waals surface area contributed by atoms with Gasteiger partial charge in [-0.1, -0.05) is 13.2 Å². The molecule has 0 amide bonds. The van der Waals surface area contributed by atoms with E-state index in [0.29, 0.717) is 17.1 Å². The molecule has 0 saturated heterocycles. The Morgan fingerprint density at radius 2 is 1.70 bits per heavy atom. The first kappa shape index (κ1) is 14.8. The molecule has 2 rings (SSSR count). The lowest BCUT2D eigenvalue weighted by molar-refractivity contribution is -0.227. The molecule has 0 heterocycles. The van der Waals surface area contributed by atoms with Gasteiger partial charge in [0.2, 0.25) is 0 Å². The molecule has 0 aliphatic heterocycles. The summed E-state index contributed by atoms with van der Waals surface area (Å²) < 4.78 is 11.2. The summed E-state index contributed by atoms with van der Waals surface area (Å²) in [6.45, 7) is 10.5. The fraction of sp³-hybridized carbons (Fsp3) is 0.625. The molecule has 0 radical (unpaired) electrons. The van der Waals surface area contributed by atoms with Crippen molar-refractivity contribution in [3.8, 4) is 0 Å². The molecular weight excluding hydrogens is 256 g/mol. The van der Waals surface area contributed by atoms with Crippen LogP contribution in [-0.2, 0) is 19.1 Å². The van der Waals surface area contributed by atoms with E-state index in [1.807, 2.05) is 0 Å². The van der Waals surface area contributed by atoms with E-state index in [1.165, 1.54) is 0 Å². The van der Waals surface area contributed by atoms with Crippen molar-refractivity contribution in [1.29, 1.82) is 0 Å². The Morgan fingerprint density at radius 3 is 2.20 bits per heavy atom. The van der Waals surface area contributed by atoms with Crippen molar-refractivity contribution in [2.75, 3.05) is 0 Å². The fourth-order valence-electron chi connectivity index (χ4n) is 3.09. The molecule has 2 aliphatic carbocycles. The van der Waals surface area contributed by atoms with Crippen molar-refractivity contribution >= 4 is 11.9 Å². The second-order valence-corrected chi connectivity index (χ2v) is 5.97. The molecule has 2 saturated carbocycles.